The van der Waals surface area contributed by atoms with E-state index in [4.69, 9.17) is 18.9 Å². The fraction of sp³-hybridized carbons (Fsp3) is 0.375. The highest BCUT2D eigenvalue weighted by molar-refractivity contribution is 6.13. The van der Waals surface area contributed by atoms with Crippen molar-refractivity contribution in [3.63, 3.8) is 0 Å². The number of hydrogen-bond donors (Lipinski definition) is 0. The first kappa shape index (κ1) is 24.9. The van der Waals surface area contributed by atoms with Crippen molar-refractivity contribution in [1.29, 1.82) is 0 Å². The molecule has 0 saturated carbocycles. The Morgan fingerprint density at radius 3 is 2.36 bits per heavy atom. The summed E-state index contributed by atoms with van der Waals surface area (Å²) >= 11 is 0. The lowest BCUT2D eigenvalue weighted by Gasteiger charge is -2.23. The molecule has 0 aliphatic carbocycles. The molecule has 0 N–H and O–H groups in total. The topological polar surface area (TPSA) is 149 Å². The van der Waals surface area contributed by atoms with E-state index in [1.54, 1.807) is 18.2 Å². The number of carbonyl (C=O) groups excluding carboxylic acids is 4. The summed E-state index contributed by atoms with van der Waals surface area (Å²) in [6.07, 6.45) is -1.61. The third-order valence-electron chi connectivity index (χ3n) is 5.47. The minimum Gasteiger partial charge on any atom is -0.463 e. The van der Waals surface area contributed by atoms with E-state index >= 15 is 0 Å². The highest BCUT2D eigenvalue weighted by Gasteiger charge is 2.51. The van der Waals surface area contributed by atoms with Gasteiger partial charge in [-0.15, -0.1) is 0 Å². The van der Waals surface area contributed by atoms with Gasteiger partial charge in [0.1, 0.15) is 30.2 Å². The van der Waals surface area contributed by atoms with Gasteiger partial charge in [0.2, 0.25) is 5.78 Å². The van der Waals surface area contributed by atoms with E-state index in [0.717, 1.165) is 5.56 Å². The van der Waals surface area contributed by atoms with E-state index in [2.05, 4.69) is 15.0 Å². The summed E-state index contributed by atoms with van der Waals surface area (Å²) < 4.78 is 23.4. The highest BCUT2D eigenvalue weighted by Crippen LogP contribution is 2.36. The van der Waals surface area contributed by atoms with Crippen molar-refractivity contribution < 1.29 is 38.1 Å². The molecule has 0 bridgehead atoms. The fourth-order valence-corrected chi connectivity index (χ4v) is 4.04. The van der Waals surface area contributed by atoms with Gasteiger partial charge >= 0.3 is 17.9 Å². The molecule has 0 spiro atoms. The zero-order valence-electron chi connectivity index (χ0n) is 20.0. The molecular formula is C24H24N4O8. The minimum absolute atomic E-state index is 0.0828. The second kappa shape index (κ2) is 10.2. The van der Waals surface area contributed by atoms with Gasteiger partial charge in [-0.2, -0.15) is 0 Å². The number of aryl methyl sites for hydroxylation is 1. The van der Waals surface area contributed by atoms with Crippen LogP contribution in [0.4, 0.5) is 0 Å². The molecule has 1 aromatic carbocycles. The van der Waals surface area contributed by atoms with Crippen LogP contribution in [0.5, 0.6) is 0 Å². The number of ether oxygens (including phenoxy) is 4. The van der Waals surface area contributed by atoms with Crippen LogP contribution < -0.4 is 0 Å². The summed E-state index contributed by atoms with van der Waals surface area (Å²) in [5, 5.41) is 0. The fourth-order valence-electron chi connectivity index (χ4n) is 4.04. The van der Waals surface area contributed by atoms with Crippen LogP contribution in [0.15, 0.2) is 36.9 Å². The number of hydrogen-bond acceptors (Lipinski definition) is 11. The van der Waals surface area contributed by atoms with Crippen molar-refractivity contribution in [3.05, 3.63) is 53.7 Å². The summed E-state index contributed by atoms with van der Waals surface area (Å²) in [6, 6.07) is 7.07. The zero-order valence-corrected chi connectivity index (χ0v) is 20.0. The average molecular weight is 496 g/mol. The maximum absolute atomic E-state index is 13.2. The van der Waals surface area contributed by atoms with Crippen LogP contribution in [0.2, 0.25) is 0 Å². The average Bonchev–Trinajstić information content (AvgIpc) is 3.38. The zero-order chi connectivity index (χ0) is 26.0. The van der Waals surface area contributed by atoms with Gasteiger partial charge in [-0.25, -0.2) is 15.0 Å². The number of ketones is 1. The van der Waals surface area contributed by atoms with Gasteiger partial charge in [0.05, 0.1) is 6.33 Å². The smallest absolute Gasteiger partial charge is 0.303 e. The highest BCUT2D eigenvalue weighted by atomic mass is 16.7. The molecule has 12 heteroatoms. The van der Waals surface area contributed by atoms with Crippen LogP contribution in [0.1, 0.15) is 48.6 Å². The van der Waals surface area contributed by atoms with E-state index in [-0.39, 0.29) is 29.2 Å². The van der Waals surface area contributed by atoms with Crippen LogP contribution in [0.25, 0.3) is 11.2 Å². The molecule has 36 heavy (non-hydrogen) atoms. The molecular weight excluding hydrogens is 472 g/mol. The number of aromatic nitrogens is 4. The number of fused-ring (bicyclic) bond motifs is 1. The van der Waals surface area contributed by atoms with Crippen molar-refractivity contribution in [1.82, 2.24) is 19.5 Å². The van der Waals surface area contributed by atoms with E-state index < -0.39 is 42.4 Å². The summed E-state index contributed by atoms with van der Waals surface area (Å²) in [6.45, 7) is 5.25. The molecule has 188 valence electrons. The van der Waals surface area contributed by atoms with E-state index in [0.29, 0.717) is 5.56 Å². The lowest BCUT2D eigenvalue weighted by atomic mass is 10.1. The van der Waals surface area contributed by atoms with E-state index in [9.17, 15) is 19.2 Å². The summed E-state index contributed by atoms with van der Waals surface area (Å²) in [4.78, 5) is 61.0. The first-order chi connectivity index (χ1) is 17.2. The number of nitrogens with zero attached hydrogens (tertiary/aromatic N) is 4. The van der Waals surface area contributed by atoms with Gasteiger partial charge in [0, 0.05) is 26.3 Å². The van der Waals surface area contributed by atoms with Crippen molar-refractivity contribution in [3.8, 4) is 0 Å². The standard InChI is InChI=1S/C24H24N4O8/c1-12-6-5-7-16(8-12)20(32)18-19-23(26-10-25-18)28(11-27-19)24-22(35-15(4)31)21(34-14(3)30)17(36-24)9-33-13(2)29/h5-8,10-11,17,21-22,24H,9H2,1-4H3/t17-,21-,22-,24-/m1/s1. The minimum atomic E-state index is -1.12. The van der Waals surface area contributed by atoms with Crippen LogP contribution in [0.3, 0.4) is 0 Å². The normalized spacial score (nSPS) is 21.2. The van der Waals surface area contributed by atoms with E-state index in [1.165, 1.54) is 38.0 Å². The van der Waals surface area contributed by atoms with Crippen molar-refractivity contribution >= 4 is 34.9 Å². The SMILES string of the molecule is CC(=O)OC[C@H]1O[C@@H](n2cnc3c(C(=O)c4cccc(C)c4)ncnc32)[C@H](OC(C)=O)[C@@H]1OC(C)=O. The quantitative estimate of drug-likeness (QED) is 0.267. The molecule has 2 aromatic heterocycles. The van der Waals surface area contributed by atoms with Crippen LogP contribution >= 0.6 is 0 Å². The predicted octanol–water partition coefficient (Wildman–Crippen LogP) is 1.69. The number of benzene rings is 1. The molecule has 0 unspecified atom stereocenters. The molecule has 3 heterocycles. The van der Waals surface area contributed by atoms with Gasteiger partial charge in [-0.05, 0) is 13.0 Å². The molecule has 0 amide bonds. The predicted molar refractivity (Wildman–Crippen MR) is 122 cm³/mol. The summed E-state index contributed by atoms with van der Waals surface area (Å²) in [5.74, 6) is -2.19. The third-order valence-corrected chi connectivity index (χ3v) is 5.47. The first-order valence-corrected chi connectivity index (χ1v) is 11.1. The summed E-state index contributed by atoms with van der Waals surface area (Å²) in [5.41, 5.74) is 1.88. The van der Waals surface area contributed by atoms with Gasteiger partial charge in [0.25, 0.3) is 0 Å². The Labute approximate surface area is 205 Å². The lowest BCUT2D eigenvalue weighted by Crippen LogP contribution is -2.40. The maximum Gasteiger partial charge on any atom is 0.303 e. The molecule has 3 aromatic rings. The number of esters is 3. The third kappa shape index (κ3) is 5.08. The van der Waals surface area contributed by atoms with Crippen molar-refractivity contribution in [2.45, 2.75) is 52.2 Å². The Kier molecular flexibility index (Phi) is 7.06. The Balaban J connectivity index is 1.75. The molecule has 12 nitrogen and oxygen atoms in total. The number of carbonyl (C=O) groups is 4. The summed E-state index contributed by atoms with van der Waals surface area (Å²) in [7, 11) is 0. The first-order valence-electron chi connectivity index (χ1n) is 11.1. The molecule has 1 fully saturated rings. The maximum atomic E-state index is 13.2. The number of imidazole rings is 1. The monoisotopic (exact) mass is 496 g/mol. The van der Waals surface area contributed by atoms with E-state index in [1.807, 2.05) is 13.0 Å². The molecule has 1 aliphatic rings. The van der Waals surface area contributed by atoms with Crippen molar-refractivity contribution in [2.24, 2.45) is 0 Å². The van der Waals surface area contributed by atoms with Gasteiger partial charge in [-0.3, -0.25) is 23.7 Å². The lowest BCUT2D eigenvalue weighted by molar-refractivity contribution is -0.166. The van der Waals surface area contributed by atoms with Gasteiger partial charge in [0.15, 0.2) is 24.1 Å². The van der Waals surface area contributed by atoms with Gasteiger partial charge < -0.3 is 18.9 Å². The van der Waals surface area contributed by atoms with Crippen molar-refractivity contribution in [2.75, 3.05) is 6.61 Å². The molecule has 4 rings (SSSR count). The largest absolute Gasteiger partial charge is 0.463 e. The van der Waals surface area contributed by atoms with Crippen LogP contribution in [-0.2, 0) is 33.3 Å². The second-order valence-corrected chi connectivity index (χ2v) is 8.26. The van der Waals surface area contributed by atoms with Crippen LogP contribution in [-0.4, -0.2) is 68.1 Å². The van der Waals surface area contributed by atoms with Crippen LogP contribution in [0, 0.1) is 6.92 Å². The Bertz CT molecular complexity index is 1340. The van der Waals surface area contributed by atoms with Gasteiger partial charge in [-0.1, -0.05) is 23.8 Å². The Morgan fingerprint density at radius 2 is 1.69 bits per heavy atom. The Morgan fingerprint density at radius 1 is 0.972 bits per heavy atom. The number of rotatable bonds is 7. The molecule has 1 aliphatic heterocycles. The molecule has 0 radical (unpaired) electrons. The molecule has 1 saturated heterocycles. The second-order valence-electron chi connectivity index (χ2n) is 8.26. The molecule has 4 atom stereocenters. The Hall–Kier alpha value is -4.19.